The number of hydrogen-bond acceptors (Lipinski definition) is 4. The van der Waals surface area contributed by atoms with Gasteiger partial charge in [-0.2, -0.15) is 0 Å². The summed E-state index contributed by atoms with van der Waals surface area (Å²) in [7, 11) is 0. The highest BCUT2D eigenvalue weighted by Crippen LogP contribution is 2.40. The van der Waals surface area contributed by atoms with Crippen molar-refractivity contribution in [2.24, 2.45) is 0 Å². The van der Waals surface area contributed by atoms with E-state index in [1.165, 1.54) is 146 Å². The minimum Gasteiger partial charge on any atom is -0.456 e. The molecule has 0 bridgehead atoms. The Morgan fingerprint density at radius 1 is 0.380 bits per heavy atom. The summed E-state index contributed by atoms with van der Waals surface area (Å²) in [5.74, 6) is 0. The number of rotatable bonds is 20. The lowest BCUT2D eigenvalue weighted by molar-refractivity contribution is 0.576. The van der Waals surface area contributed by atoms with Gasteiger partial charge in [0.25, 0.3) is 0 Å². The maximum atomic E-state index is 6.50. The zero-order valence-corrected chi connectivity index (χ0v) is 31.9. The number of aryl methyl sites for hydroxylation is 2. The van der Waals surface area contributed by atoms with Crippen LogP contribution in [0.25, 0.3) is 64.8 Å². The maximum absolute atomic E-state index is 6.50. The summed E-state index contributed by atoms with van der Waals surface area (Å²) in [6.07, 6.45) is 24.2. The van der Waals surface area contributed by atoms with Gasteiger partial charge in [-0.1, -0.05) is 116 Å². The Bertz CT molecular complexity index is 1970. The molecule has 2 nitrogen and oxygen atoms in total. The average molecular weight is 703 g/mol. The van der Waals surface area contributed by atoms with Crippen molar-refractivity contribution in [1.82, 2.24) is 0 Å². The molecule has 0 N–H and O–H groups in total. The summed E-state index contributed by atoms with van der Waals surface area (Å²) in [4.78, 5) is 5.63. The number of fused-ring (bicyclic) bond motifs is 6. The van der Waals surface area contributed by atoms with E-state index in [0.717, 1.165) is 43.9 Å². The number of benzene rings is 3. The van der Waals surface area contributed by atoms with E-state index in [1.54, 1.807) is 0 Å². The topological polar surface area (TPSA) is 26.3 Å². The summed E-state index contributed by atoms with van der Waals surface area (Å²) in [6, 6.07) is 27.0. The third-order valence-corrected chi connectivity index (χ3v) is 12.9. The van der Waals surface area contributed by atoms with E-state index in [1.807, 2.05) is 22.7 Å². The molecule has 50 heavy (non-hydrogen) atoms. The molecular formula is C46H54O2S2. The Morgan fingerprint density at radius 3 is 1.18 bits per heavy atom. The molecule has 0 radical (unpaired) electrons. The van der Waals surface area contributed by atoms with Gasteiger partial charge in [0.2, 0.25) is 0 Å². The zero-order chi connectivity index (χ0) is 34.1. The van der Waals surface area contributed by atoms with E-state index in [0.29, 0.717) is 0 Å². The largest absolute Gasteiger partial charge is 0.456 e. The van der Waals surface area contributed by atoms with Gasteiger partial charge < -0.3 is 8.83 Å². The van der Waals surface area contributed by atoms with Gasteiger partial charge in [-0.15, -0.1) is 22.7 Å². The summed E-state index contributed by atoms with van der Waals surface area (Å²) < 4.78 is 13.0. The van der Waals surface area contributed by atoms with E-state index in [9.17, 15) is 0 Å². The minimum atomic E-state index is 0.918. The van der Waals surface area contributed by atoms with Crippen molar-refractivity contribution in [3.8, 4) is 20.9 Å². The molecule has 0 unspecified atom stereocenters. The van der Waals surface area contributed by atoms with Crippen LogP contribution in [0.4, 0.5) is 0 Å². The van der Waals surface area contributed by atoms with Crippen LogP contribution in [0.3, 0.4) is 0 Å². The first-order valence-corrected chi connectivity index (χ1v) is 21.3. The van der Waals surface area contributed by atoms with Crippen molar-refractivity contribution in [1.29, 1.82) is 0 Å². The van der Waals surface area contributed by atoms with E-state index >= 15 is 0 Å². The molecule has 7 aromatic rings. The van der Waals surface area contributed by atoms with Crippen molar-refractivity contribution in [2.45, 2.75) is 129 Å². The van der Waals surface area contributed by atoms with Crippen LogP contribution in [0, 0.1) is 0 Å². The highest BCUT2D eigenvalue weighted by Gasteiger charge is 2.16. The second kappa shape index (κ2) is 17.2. The van der Waals surface area contributed by atoms with E-state index in [4.69, 9.17) is 8.83 Å². The second-order valence-corrected chi connectivity index (χ2v) is 16.8. The minimum absolute atomic E-state index is 0.918. The lowest BCUT2D eigenvalue weighted by atomic mass is 10.1. The van der Waals surface area contributed by atoms with Crippen molar-refractivity contribution >= 4 is 66.6 Å². The second-order valence-electron chi connectivity index (χ2n) is 14.5. The fraction of sp³-hybridized carbons (Fsp3) is 0.435. The lowest BCUT2D eigenvalue weighted by Crippen LogP contribution is -1.83. The number of thiophene rings is 2. The highest BCUT2D eigenvalue weighted by molar-refractivity contribution is 7.15. The lowest BCUT2D eigenvalue weighted by Gasteiger charge is -2.01. The summed E-state index contributed by atoms with van der Waals surface area (Å²) in [5, 5.41) is 4.52. The molecule has 0 spiro atoms. The molecule has 0 saturated carbocycles. The van der Waals surface area contributed by atoms with Crippen molar-refractivity contribution in [3.05, 3.63) is 82.6 Å². The van der Waals surface area contributed by atoms with Crippen LogP contribution in [-0.2, 0) is 12.8 Å². The molecule has 0 saturated heterocycles. The molecule has 4 heterocycles. The van der Waals surface area contributed by atoms with Crippen LogP contribution in [0.15, 0.2) is 81.6 Å². The SMILES string of the molecule is CCCCCCCCCCc1ccc(-c2ccc3c(c2)oc2cc4c(cc23)oc2cc(-c3ccc(CCCCCCCCCC)s3)ccc24)s1. The van der Waals surface area contributed by atoms with Crippen LogP contribution in [0.2, 0.25) is 0 Å². The van der Waals surface area contributed by atoms with Crippen molar-refractivity contribution in [2.75, 3.05) is 0 Å². The van der Waals surface area contributed by atoms with E-state index < -0.39 is 0 Å². The van der Waals surface area contributed by atoms with Crippen LogP contribution in [-0.4, -0.2) is 0 Å². The van der Waals surface area contributed by atoms with Gasteiger partial charge >= 0.3 is 0 Å². The molecule has 0 aliphatic carbocycles. The van der Waals surface area contributed by atoms with Gasteiger partial charge in [-0.05, 0) is 97.5 Å². The van der Waals surface area contributed by atoms with Gasteiger partial charge in [0.15, 0.2) is 0 Å². The Hall–Kier alpha value is -3.34. The number of hydrogen-bond donors (Lipinski definition) is 0. The van der Waals surface area contributed by atoms with E-state index in [2.05, 4.69) is 86.6 Å². The highest BCUT2D eigenvalue weighted by atomic mass is 32.1. The summed E-state index contributed by atoms with van der Waals surface area (Å²) in [5.41, 5.74) is 6.19. The first kappa shape index (κ1) is 35.1. The number of unbranched alkanes of at least 4 members (excludes halogenated alkanes) is 14. The molecule has 0 amide bonds. The van der Waals surface area contributed by atoms with Gasteiger partial charge in [-0.25, -0.2) is 0 Å². The fourth-order valence-electron chi connectivity index (χ4n) is 7.55. The molecule has 262 valence electrons. The van der Waals surface area contributed by atoms with Gasteiger partial charge in [0.1, 0.15) is 22.3 Å². The zero-order valence-electron chi connectivity index (χ0n) is 30.3. The Balaban J connectivity index is 0.997. The van der Waals surface area contributed by atoms with Crippen molar-refractivity contribution in [3.63, 3.8) is 0 Å². The fourth-order valence-corrected chi connectivity index (χ4v) is 9.64. The molecule has 0 atom stereocenters. The molecule has 0 fully saturated rings. The molecule has 4 aromatic heterocycles. The predicted molar refractivity (Wildman–Crippen MR) is 220 cm³/mol. The smallest absolute Gasteiger partial charge is 0.136 e. The quantitative estimate of drug-likeness (QED) is 0.0739. The summed E-state index contributed by atoms with van der Waals surface area (Å²) in [6.45, 7) is 4.58. The number of furan rings is 2. The van der Waals surface area contributed by atoms with Gasteiger partial charge in [0, 0.05) is 41.1 Å². The molecule has 0 aliphatic heterocycles. The van der Waals surface area contributed by atoms with Crippen LogP contribution in [0.5, 0.6) is 0 Å². The van der Waals surface area contributed by atoms with E-state index in [-0.39, 0.29) is 0 Å². The molecule has 7 rings (SSSR count). The third-order valence-electron chi connectivity index (χ3n) is 10.5. The van der Waals surface area contributed by atoms with Crippen molar-refractivity contribution < 1.29 is 8.83 Å². The Kier molecular flexibility index (Phi) is 12.1. The van der Waals surface area contributed by atoms with Gasteiger partial charge in [-0.3, -0.25) is 0 Å². The molecule has 4 heteroatoms. The third kappa shape index (κ3) is 8.40. The first-order chi connectivity index (χ1) is 24.7. The van der Waals surface area contributed by atoms with Crippen LogP contribution >= 0.6 is 22.7 Å². The maximum Gasteiger partial charge on any atom is 0.136 e. The molecule has 3 aromatic carbocycles. The summed E-state index contributed by atoms with van der Waals surface area (Å²) >= 11 is 3.87. The molecular weight excluding hydrogens is 649 g/mol. The Morgan fingerprint density at radius 2 is 0.760 bits per heavy atom. The normalized spacial score (nSPS) is 12.0. The van der Waals surface area contributed by atoms with Gasteiger partial charge in [0.05, 0.1) is 0 Å². The molecule has 0 aliphatic rings. The Labute approximate surface area is 306 Å². The first-order valence-electron chi connectivity index (χ1n) is 19.7. The monoisotopic (exact) mass is 702 g/mol. The predicted octanol–water partition coefficient (Wildman–Crippen LogP) is 16.3. The average Bonchev–Trinajstić information content (AvgIpc) is 3.94. The van der Waals surface area contributed by atoms with Crippen LogP contribution < -0.4 is 0 Å². The standard InChI is InChI=1S/C46H54O2S2/c1-3-5-7-9-11-13-15-17-19-35-23-27-45(49-35)33-21-25-37-39-31-44-40(32-43(39)47-41(37)29-33)38-26-22-34(30-42(38)48-44)46-28-24-36(50-46)20-18-16-14-12-10-8-6-4-2/h21-32H,3-20H2,1-2H3. The van der Waals surface area contributed by atoms with Crippen LogP contribution in [0.1, 0.15) is 126 Å².